The fraction of sp³-hybridized carbons (Fsp3) is 0.455. The van der Waals surface area contributed by atoms with E-state index in [1.165, 1.54) is 5.57 Å². The summed E-state index contributed by atoms with van der Waals surface area (Å²) in [6.45, 7) is 8.48. The van der Waals surface area contributed by atoms with Gasteiger partial charge in [0.05, 0.1) is 12.9 Å². The quantitative estimate of drug-likeness (QED) is 0.619. The van der Waals surface area contributed by atoms with E-state index in [4.69, 9.17) is 9.47 Å². The van der Waals surface area contributed by atoms with E-state index in [2.05, 4.69) is 6.58 Å². The maximum atomic E-state index is 5.45. The summed E-state index contributed by atoms with van der Waals surface area (Å²) in [4.78, 5) is 0. The maximum Gasteiger partial charge on any atom is 0.219 e. The maximum absolute atomic E-state index is 5.45. The summed E-state index contributed by atoms with van der Waals surface area (Å²) in [5, 5.41) is 0. The fourth-order valence-electron chi connectivity index (χ4n) is 0.970. The average Bonchev–Trinajstić information content (AvgIpc) is 2.03. The minimum atomic E-state index is -0.218. The Morgan fingerprint density at radius 2 is 2.46 bits per heavy atom. The Balaban J connectivity index is 2.23. The molecule has 0 saturated carbocycles. The molecular formula is C11H16O2. The molecule has 0 saturated heterocycles. The van der Waals surface area contributed by atoms with Gasteiger partial charge in [-0.15, -0.1) is 6.58 Å². The molecule has 1 unspecified atom stereocenters. The Bertz CT molecular complexity index is 238. The lowest BCUT2D eigenvalue weighted by molar-refractivity contribution is -0.0734. The second-order valence-electron chi connectivity index (χ2n) is 3.30. The minimum Gasteiger partial charge on any atom is -0.469 e. The number of hydrogen-bond acceptors (Lipinski definition) is 2. The van der Waals surface area contributed by atoms with Crippen LogP contribution in [-0.4, -0.2) is 12.9 Å². The van der Waals surface area contributed by atoms with Crippen molar-refractivity contribution in [2.45, 2.75) is 26.6 Å². The molecule has 0 aromatic carbocycles. The van der Waals surface area contributed by atoms with E-state index in [-0.39, 0.29) is 6.29 Å². The Morgan fingerprint density at radius 3 is 3.08 bits per heavy atom. The molecule has 2 nitrogen and oxygen atoms in total. The highest BCUT2D eigenvalue weighted by molar-refractivity contribution is 5.18. The Kier molecular flexibility index (Phi) is 3.77. The molecule has 1 rings (SSSR count). The molecule has 0 amide bonds. The van der Waals surface area contributed by atoms with Crippen LogP contribution in [-0.2, 0) is 9.47 Å². The van der Waals surface area contributed by atoms with Crippen molar-refractivity contribution in [2.75, 3.05) is 6.61 Å². The first kappa shape index (κ1) is 10.1. The molecule has 1 aliphatic heterocycles. The van der Waals surface area contributed by atoms with Crippen molar-refractivity contribution in [1.82, 2.24) is 0 Å². The largest absolute Gasteiger partial charge is 0.469 e. The normalized spacial score (nSPS) is 20.8. The van der Waals surface area contributed by atoms with Gasteiger partial charge in [-0.3, -0.25) is 0 Å². The van der Waals surface area contributed by atoms with Crippen LogP contribution in [0.4, 0.5) is 0 Å². The summed E-state index contributed by atoms with van der Waals surface area (Å²) in [6, 6.07) is 0. The SMILES string of the molecule is C=C(C)CCOC1C=C(C)C=CO1. The van der Waals surface area contributed by atoms with Crippen molar-refractivity contribution in [1.29, 1.82) is 0 Å². The molecule has 0 spiro atoms. The molecule has 2 heteroatoms. The van der Waals surface area contributed by atoms with Crippen LogP contribution in [0.25, 0.3) is 0 Å². The van der Waals surface area contributed by atoms with E-state index in [1.807, 2.05) is 26.0 Å². The van der Waals surface area contributed by atoms with E-state index in [9.17, 15) is 0 Å². The molecule has 72 valence electrons. The predicted molar refractivity (Wildman–Crippen MR) is 53.2 cm³/mol. The summed E-state index contributed by atoms with van der Waals surface area (Å²) in [7, 11) is 0. The first-order chi connectivity index (χ1) is 6.18. The fourth-order valence-corrected chi connectivity index (χ4v) is 0.970. The second-order valence-corrected chi connectivity index (χ2v) is 3.30. The van der Waals surface area contributed by atoms with Crippen molar-refractivity contribution in [3.05, 3.63) is 36.1 Å². The molecule has 13 heavy (non-hydrogen) atoms. The summed E-state index contributed by atoms with van der Waals surface area (Å²) >= 11 is 0. The predicted octanol–water partition coefficient (Wildman–Crippen LogP) is 2.79. The first-order valence-electron chi connectivity index (χ1n) is 4.45. The minimum absolute atomic E-state index is 0.218. The van der Waals surface area contributed by atoms with E-state index in [0.717, 1.165) is 12.0 Å². The van der Waals surface area contributed by atoms with Crippen molar-refractivity contribution in [2.24, 2.45) is 0 Å². The Morgan fingerprint density at radius 1 is 1.69 bits per heavy atom. The standard InChI is InChI=1S/C11H16O2/c1-9(2)4-6-12-11-8-10(3)5-7-13-11/h5,7-8,11H,1,4,6H2,2-3H3. The number of hydrogen-bond donors (Lipinski definition) is 0. The lowest BCUT2D eigenvalue weighted by atomic mass is 10.2. The zero-order chi connectivity index (χ0) is 9.68. The molecule has 1 atom stereocenters. The van der Waals surface area contributed by atoms with Gasteiger partial charge in [-0.1, -0.05) is 5.57 Å². The monoisotopic (exact) mass is 180 g/mol. The lowest BCUT2D eigenvalue weighted by Gasteiger charge is -2.17. The van der Waals surface area contributed by atoms with Crippen LogP contribution >= 0.6 is 0 Å². The summed E-state index contributed by atoms with van der Waals surface area (Å²) in [5.74, 6) is 0. The molecule has 1 aliphatic rings. The number of ether oxygens (including phenoxy) is 2. The van der Waals surface area contributed by atoms with Gasteiger partial charge in [0.2, 0.25) is 6.29 Å². The zero-order valence-electron chi connectivity index (χ0n) is 8.25. The van der Waals surface area contributed by atoms with Crippen LogP contribution in [0.2, 0.25) is 0 Å². The Hall–Kier alpha value is -1.02. The third kappa shape index (κ3) is 3.95. The summed E-state index contributed by atoms with van der Waals surface area (Å²) < 4.78 is 10.7. The molecule has 0 N–H and O–H groups in total. The van der Waals surface area contributed by atoms with Crippen molar-refractivity contribution >= 4 is 0 Å². The summed E-state index contributed by atoms with van der Waals surface area (Å²) in [5.41, 5.74) is 2.30. The van der Waals surface area contributed by atoms with E-state index >= 15 is 0 Å². The van der Waals surface area contributed by atoms with E-state index < -0.39 is 0 Å². The van der Waals surface area contributed by atoms with Crippen LogP contribution in [0.5, 0.6) is 0 Å². The van der Waals surface area contributed by atoms with Crippen LogP contribution in [0.3, 0.4) is 0 Å². The van der Waals surface area contributed by atoms with Crippen LogP contribution in [0, 0.1) is 0 Å². The molecule has 0 aliphatic carbocycles. The van der Waals surface area contributed by atoms with E-state index in [0.29, 0.717) is 6.61 Å². The van der Waals surface area contributed by atoms with Crippen LogP contribution < -0.4 is 0 Å². The average molecular weight is 180 g/mol. The first-order valence-corrected chi connectivity index (χ1v) is 4.45. The van der Waals surface area contributed by atoms with Crippen molar-refractivity contribution in [3.63, 3.8) is 0 Å². The van der Waals surface area contributed by atoms with Gasteiger partial charge in [-0.2, -0.15) is 0 Å². The van der Waals surface area contributed by atoms with E-state index in [1.54, 1.807) is 6.26 Å². The molecular weight excluding hydrogens is 164 g/mol. The van der Waals surface area contributed by atoms with Crippen molar-refractivity contribution in [3.8, 4) is 0 Å². The molecule has 0 fully saturated rings. The van der Waals surface area contributed by atoms with Gasteiger partial charge in [0.15, 0.2) is 0 Å². The van der Waals surface area contributed by atoms with Gasteiger partial charge in [0.1, 0.15) is 0 Å². The van der Waals surface area contributed by atoms with Gasteiger partial charge in [-0.25, -0.2) is 0 Å². The summed E-state index contributed by atoms with van der Waals surface area (Å²) in [6.07, 6.45) is 6.21. The van der Waals surface area contributed by atoms with Gasteiger partial charge < -0.3 is 9.47 Å². The van der Waals surface area contributed by atoms with Crippen LogP contribution in [0.1, 0.15) is 20.3 Å². The Labute approximate surface area is 79.5 Å². The number of allylic oxidation sites excluding steroid dienone is 2. The molecule has 0 aromatic rings. The smallest absolute Gasteiger partial charge is 0.219 e. The lowest BCUT2D eigenvalue weighted by Crippen LogP contribution is -2.15. The van der Waals surface area contributed by atoms with Gasteiger partial charge >= 0.3 is 0 Å². The third-order valence-corrected chi connectivity index (χ3v) is 1.75. The second kappa shape index (κ2) is 4.87. The molecule has 1 heterocycles. The third-order valence-electron chi connectivity index (χ3n) is 1.75. The highest BCUT2D eigenvalue weighted by Gasteiger charge is 2.07. The zero-order valence-corrected chi connectivity index (χ0v) is 8.25. The highest BCUT2D eigenvalue weighted by atomic mass is 16.7. The van der Waals surface area contributed by atoms with Crippen LogP contribution in [0.15, 0.2) is 36.1 Å². The highest BCUT2D eigenvalue weighted by Crippen LogP contribution is 2.10. The van der Waals surface area contributed by atoms with Gasteiger partial charge in [0, 0.05) is 0 Å². The van der Waals surface area contributed by atoms with Gasteiger partial charge in [-0.05, 0) is 38.0 Å². The van der Waals surface area contributed by atoms with Crippen molar-refractivity contribution < 1.29 is 9.47 Å². The number of rotatable bonds is 4. The molecule has 0 aromatic heterocycles. The molecule has 0 radical (unpaired) electrons. The topological polar surface area (TPSA) is 18.5 Å². The molecule has 0 bridgehead atoms. The van der Waals surface area contributed by atoms with Gasteiger partial charge in [0.25, 0.3) is 0 Å².